The molecule has 0 aliphatic carbocycles. The lowest BCUT2D eigenvalue weighted by atomic mass is 10.0. The van der Waals surface area contributed by atoms with Crippen molar-refractivity contribution in [1.82, 2.24) is 0 Å². The first kappa shape index (κ1) is 7.77. The molecule has 0 fully saturated rings. The Morgan fingerprint density at radius 3 is 2.83 bits per heavy atom. The van der Waals surface area contributed by atoms with Crippen molar-refractivity contribution in [3.63, 3.8) is 0 Å². The molecule has 1 aromatic rings. The Kier molecular flexibility index (Phi) is 1.87. The Bertz CT molecular complexity index is 292. The quantitative estimate of drug-likeness (QED) is 0.685. The minimum Gasteiger partial charge on any atom is -0.389 e. The maximum absolute atomic E-state index is 9.31. The van der Waals surface area contributed by atoms with Crippen LogP contribution in [0.1, 0.15) is 29.7 Å². The predicted molar refractivity (Wildman–Crippen MR) is 45.6 cm³/mol. The molecule has 12 heavy (non-hydrogen) atoms. The van der Waals surface area contributed by atoms with Crippen molar-refractivity contribution < 1.29 is 9.84 Å². The highest BCUT2D eigenvalue weighted by Gasteiger charge is 2.12. The van der Waals surface area contributed by atoms with Crippen molar-refractivity contribution in [3.05, 3.63) is 34.9 Å². The molecule has 1 aliphatic heterocycles. The summed E-state index contributed by atoms with van der Waals surface area (Å²) in [7, 11) is 0. The van der Waals surface area contributed by atoms with Gasteiger partial charge in [0.25, 0.3) is 0 Å². The summed E-state index contributed by atoms with van der Waals surface area (Å²) in [5, 5.41) is 9.31. The van der Waals surface area contributed by atoms with Gasteiger partial charge in [-0.3, -0.25) is 0 Å². The van der Waals surface area contributed by atoms with Crippen LogP contribution in [-0.2, 0) is 18.0 Å². The van der Waals surface area contributed by atoms with Gasteiger partial charge in [-0.05, 0) is 23.6 Å². The van der Waals surface area contributed by atoms with Crippen LogP contribution in [0.2, 0.25) is 0 Å². The number of hydrogen-bond acceptors (Lipinski definition) is 2. The fourth-order valence-corrected chi connectivity index (χ4v) is 1.45. The lowest BCUT2D eigenvalue weighted by Crippen LogP contribution is -1.92. The Balaban J connectivity index is 2.39. The van der Waals surface area contributed by atoms with Gasteiger partial charge in [-0.15, -0.1) is 0 Å². The summed E-state index contributed by atoms with van der Waals surface area (Å²) < 4.78 is 5.27. The second-order valence-corrected chi connectivity index (χ2v) is 3.20. The molecule has 2 nitrogen and oxygen atoms in total. The zero-order valence-corrected chi connectivity index (χ0v) is 7.08. The van der Waals surface area contributed by atoms with Gasteiger partial charge in [0.05, 0.1) is 19.3 Å². The van der Waals surface area contributed by atoms with E-state index in [1.807, 2.05) is 18.2 Å². The Morgan fingerprint density at radius 1 is 1.33 bits per heavy atom. The standard InChI is InChI=1S/C10H12O2/c1-7(11)8-2-3-9-5-12-6-10(9)4-8/h2-4,7,11H,5-6H2,1H3/t7-/m0/s1. The molecule has 0 amide bonds. The van der Waals surface area contributed by atoms with E-state index in [0.29, 0.717) is 6.61 Å². The number of benzene rings is 1. The van der Waals surface area contributed by atoms with E-state index >= 15 is 0 Å². The van der Waals surface area contributed by atoms with Gasteiger partial charge in [0.2, 0.25) is 0 Å². The van der Waals surface area contributed by atoms with Crippen molar-refractivity contribution in [2.45, 2.75) is 26.2 Å². The van der Waals surface area contributed by atoms with E-state index in [4.69, 9.17) is 4.74 Å². The first-order valence-corrected chi connectivity index (χ1v) is 4.15. The van der Waals surface area contributed by atoms with Crippen molar-refractivity contribution in [1.29, 1.82) is 0 Å². The molecule has 0 radical (unpaired) electrons. The molecule has 0 unspecified atom stereocenters. The third-order valence-electron chi connectivity index (χ3n) is 2.23. The number of rotatable bonds is 1. The van der Waals surface area contributed by atoms with Gasteiger partial charge in [-0.1, -0.05) is 18.2 Å². The summed E-state index contributed by atoms with van der Waals surface area (Å²) in [4.78, 5) is 0. The highest BCUT2D eigenvalue weighted by Crippen LogP contribution is 2.23. The summed E-state index contributed by atoms with van der Waals surface area (Å²) in [5.74, 6) is 0. The van der Waals surface area contributed by atoms with Crippen molar-refractivity contribution in [2.75, 3.05) is 0 Å². The van der Waals surface area contributed by atoms with Gasteiger partial charge in [-0.2, -0.15) is 0 Å². The lowest BCUT2D eigenvalue weighted by molar-refractivity contribution is 0.134. The summed E-state index contributed by atoms with van der Waals surface area (Å²) in [6.07, 6.45) is -0.379. The van der Waals surface area contributed by atoms with E-state index in [1.165, 1.54) is 11.1 Å². The Morgan fingerprint density at radius 2 is 2.08 bits per heavy atom. The summed E-state index contributed by atoms with van der Waals surface area (Å²) in [6, 6.07) is 6.01. The van der Waals surface area contributed by atoms with Gasteiger partial charge in [-0.25, -0.2) is 0 Å². The molecule has 0 saturated carbocycles. The molecule has 2 rings (SSSR count). The van der Waals surface area contributed by atoms with E-state index in [-0.39, 0.29) is 6.10 Å². The minimum absolute atomic E-state index is 0.379. The number of ether oxygens (including phenoxy) is 1. The fourth-order valence-electron chi connectivity index (χ4n) is 1.45. The second-order valence-electron chi connectivity index (χ2n) is 3.20. The zero-order valence-electron chi connectivity index (χ0n) is 7.08. The molecule has 1 aromatic carbocycles. The van der Waals surface area contributed by atoms with Crippen LogP contribution in [0.3, 0.4) is 0 Å². The highest BCUT2D eigenvalue weighted by molar-refractivity contribution is 5.33. The molecule has 0 aromatic heterocycles. The molecule has 1 aliphatic rings. The number of aliphatic hydroxyl groups excluding tert-OH is 1. The van der Waals surface area contributed by atoms with E-state index in [0.717, 1.165) is 12.2 Å². The smallest absolute Gasteiger partial charge is 0.0762 e. The zero-order chi connectivity index (χ0) is 8.55. The van der Waals surface area contributed by atoms with E-state index in [9.17, 15) is 5.11 Å². The molecule has 2 heteroatoms. The van der Waals surface area contributed by atoms with E-state index < -0.39 is 0 Å². The molecule has 0 bridgehead atoms. The molecule has 0 saturated heterocycles. The van der Waals surface area contributed by atoms with Crippen LogP contribution < -0.4 is 0 Å². The van der Waals surface area contributed by atoms with Crippen LogP contribution in [0.25, 0.3) is 0 Å². The molecular weight excluding hydrogens is 152 g/mol. The second kappa shape index (κ2) is 2.88. The van der Waals surface area contributed by atoms with Gasteiger partial charge >= 0.3 is 0 Å². The third-order valence-corrected chi connectivity index (χ3v) is 2.23. The number of fused-ring (bicyclic) bond motifs is 1. The van der Waals surface area contributed by atoms with Crippen LogP contribution >= 0.6 is 0 Å². The van der Waals surface area contributed by atoms with E-state index in [1.54, 1.807) is 6.92 Å². The average molecular weight is 164 g/mol. The molecule has 64 valence electrons. The summed E-state index contributed by atoms with van der Waals surface area (Å²) >= 11 is 0. The van der Waals surface area contributed by atoms with Gasteiger partial charge < -0.3 is 9.84 Å². The van der Waals surface area contributed by atoms with Crippen LogP contribution in [0.5, 0.6) is 0 Å². The Hall–Kier alpha value is -0.860. The predicted octanol–water partition coefficient (Wildman–Crippen LogP) is 1.77. The minimum atomic E-state index is -0.379. The molecule has 0 spiro atoms. The summed E-state index contributed by atoms with van der Waals surface area (Å²) in [6.45, 7) is 3.18. The monoisotopic (exact) mass is 164 g/mol. The van der Waals surface area contributed by atoms with Crippen molar-refractivity contribution >= 4 is 0 Å². The molecular formula is C10H12O2. The number of hydrogen-bond donors (Lipinski definition) is 1. The highest BCUT2D eigenvalue weighted by atomic mass is 16.5. The van der Waals surface area contributed by atoms with Crippen LogP contribution in [-0.4, -0.2) is 5.11 Å². The topological polar surface area (TPSA) is 29.5 Å². The van der Waals surface area contributed by atoms with Gasteiger partial charge in [0.1, 0.15) is 0 Å². The largest absolute Gasteiger partial charge is 0.389 e. The summed E-state index contributed by atoms with van der Waals surface area (Å²) in [5.41, 5.74) is 3.44. The first-order valence-electron chi connectivity index (χ1n) is 4.15. The van der Waals surface area contributed by atoms with Crippen LogP contribution in [0.4, 0.5) is 0 Å². The van der Waals surface area contributed by atoms with Crippen molar-refractivity contribution in [3.8, 4) is 0 Å². The van der Waals surface area contributed by atoms with E-state index in [2.05, 4.69) is 0 Å². The first-order chi connectivity index (χ1) is 5.77. The lowest BCUT2D eigenvalue weighted by Gasteiger charge is -2.05. The van der Waals surface area contributed by atoms with Gasteiger partial charge in [0, 0.05) is 0 Å². The maximum Gasteiger partial charge on any atom is 0.0762 e. The molecule has 1 atom stereocenters. The van der Waals surface area contributed by atoms with Crippen LogP contribution in [0, 0.1) is 0 Å². The molecule has 1 heterocycles. The van der Waals surface area contributed by atoms with Gasteiger partial charge in [0.15, 0.2) is 0 Å². The fraction of sp³-hybridized carbons (Fsp3) is 0.400. The Labute approximate surface area is 71.8 Å². The molecule has 1 N–H and O–H groups in total. The number of aliphatic hydroxyl groups is 1. The maximum atomic E-state index is 9.31. The third kappa shape index (κ3) is 1.24. The normalized spacial score (nSPS) is 17.5. The van der Waals surface area contributed by atoms with Crippen LogP contribution in [0.15, 0.2) is 18.2 Å². The SMILES string of the molecule is C[C@H](O)c1ccc2c(c1)COC2. The average Bonchev–Trinajstić information content (AvgIpc) is 2.49. The van der Waals surface area contributed by atoms with Crippen molar-refractivity contribution in [2.24, 2.45) is 0 Å².